The van der Waals surface area contributed by atoms with Gasteiger partial charge in [0, 0.05) is 50.7 Å². The van der Waals surface area contributed by atoms with Crippen LogP contribution in [-0.4, -0.2) is 84.2 Å². The summed E-state index contributed by atoms with van der Waals surface area (Å²) in [5.74, 6) is 0.174. The summed E-state index contributed by atoms with van der Waals surface area (Å²) in [5, 5.41) is 5.53. The molecule has 1 unspecified atom stereocenters. The Morgan fingerprint density at radius 1 is 1.06 bits per heavy atom. The van der Waals surface area contributed by atoms with Crippen molar-refractivity contribution >= 4 is 21.1 Å². The molecule has 5 rings (SSSR count). The molecule has 3 heterocycles. The fourth-order valence-electron chi connectivity index (χ4n) is 5.27. The van der Waals surface area contributed by atoms with E-state index in [1.807, 2.05) is 10.9 Å². The topological polar surface area (TPSA) is 70.9 Å². The van der Waals surface area contributed by atoms with Crippen molar-refractivity contribution in [2.75, 3.05) is 52.5 Å². The third-order valence-electron chi connectivity index (χ3n) is 7.06. The number of aromatic nitrogens is 2. The van der Waals surface area contributed by atoms with E-state index in [0.717, 1.165) is 34.3 Å². The summed E-state index contributed by atoms with van der Waals surface area (Å²) in [6.07, 6.45) is 1.82. The van der Waals surface area contributed by atoms with E-state index in [1.165, 1.54) is 12.1 Å². The number of morpholine rings is 1. The number of ether oxygens (including phenoxy) is 1. The van der Waals surface area contributed by atoms with Crippen LogP contribution in [0.4, 0.5) is 4.39 Å². The van der Waals surface area contributed by atoms with Gasteiger partial charge in [0.25, 0.3) is 10.2 Å². The van der Waals surface area contributed by atoms with Crippen molar-refractivity contribution < 1.29 is 17.5 Å². The normalized spacial score (nSPS) is 21.0. The molecule has 2 aliphatic heterocycles. The Bertz CT molecular complexity index is 1320. The minimum atomic E-state index is -3.56. The molecule has 8 nitrogen and oxygen atoms in total. The lowest BCUT2D eigenvalue weighted by atomic mass is 9.96. The smallest absolute Gasteiger partial charge is 0.282 e. The number of hydrogen-bond donors (Lipinski definition) is 0. The van der Waals surface area contributed by atoms with Crippen molar-refractivity contribution in [2.24, 2.45) is 5.92 Å². The minimum absolute atomic E-state index is 0.0597. The van der Waals surface area contributed by atoms with E-state index in [9.17, 15) is 12.8 Å². The largest absolute Gasteiger partial charge is 0.379 e. The number of benzene rings is 2. The molecule has 2 aliphatic rings. The second-order valence-corrected chi connectivity index (χ2v) is 12.0. The van der Waals surface area contributed by atoms with E-state index in [0.29, 0.717) is 51.9 Å². The number of piperazine rings is 1. The highest BCUT2D eigenvalue weighted by Gasteiger charge is 2.38. The van der Waals surface area contributed by atoms with Crippen LogP contribution >= 0.6 is 0 Å². The van der Waals surface area contributed by atoms with Gasteiger partial charge in [-0.3, -0.25) is 4.90 Å². The first kappa shape index (κ1) is 25.3. The maximum absolute atomic E-state index is 13.5. The Morgan fingerprint density at radius 3 is 2.47 bits per heavy atom. The van der Waals surface area contributed by atoms with Gasteiger partial charge in [0.05, 0.1) is 30.6 Å². The average molecular weight is 516 g/mol. The van der Waals surface area contributed by atoms with Gasteiger partial charge in [-0.15, -0.1) is 0 Å². The predicted octanol–water partition coefficient (Wildman–Crippen LogP) is 3.36. The van der Waals surface area contributed by atoms with Gasteiger partial charge in [0.1, 0.15) is 5.82 Å². The Balaban J connectivity index is 1.49. The van der Waals surface area contributed by atoms with Crippen molar-refractivity contribution in [1.82, 2.24) is 23.3 Å². The van der Waals surface area contributed by atoms with Crippen LogP contribution in [0.5, 0.6) is 0 Å². The van der Waals surface area contributed by atoms with Gasteiger partial charge in [-0.05, 0) is 60.4 Å². The molecule has 2 saturated heterocycles. The zero-order chi connectivity index (χ0) is 25.4. The molecule has 1 aromatic heterocycles. The molecule has 1 atom stereocenters. The minimum Gasteiger partial charge on any atom is -0.379 e. The van der Waals surface area contributed by atoms with E-state index in [1.54, 1.807) is 20.7 Å². The van der Waals surface area contributed by atoms with Gasteiger partial charge < -0.3 is 4.74 Å². The lowest BCUT2D eigenvalue weighted by Crippen LogP contribution is -2.56. The van der Waals surface area contributed by atoms with E-state index in [2.05, 4.69) is 42.9 Å². The molecular formula is C26H34FN5O3S. The van der Waals surface area contributed by atoms with Crippen LogP contribution in [0.25, 0.3) is 16.6 Å². The van der Waals surface area contributed by atoms with Gasteiger partial charge in [-0.2, -0.15) is 22.1 Å². The highest BCUT2D eigenvalue weighted by atomic mass is 32.2. The number of nitrogens with zero attached hydrogens (tertiary/aromatic N) is 5. The fourth-order valence-corrected chi connectivity index (χ4v) is 6.85. The van der Waals surface area contributed by atoms with E-state index in [-0.39, 0.29) is 11.9 Å². The van der Waals surface area contributed by atoms with Gasteiger partial charge in [0.2, 0.25) is 0 Å². The Hall–Kier alpha value is -2.37. The monoisotopic (exact) mass is 515 g/mol. The number of aryl methyl sites for hydroxylation is 1. The van der Waals surface area contributed by atoms with E-state index in [4.69, 9.17) is 4.74 Å². The van der Waals surface area contributed by atoms with Crippen LogP contribution in [0.1, 0.15) is 31.0 Å². The third-order valence-corrected chi connectivity index (χ3v) is 9.06. The van der Waals surface area contributed by atoms with Gasteiger partial charge in [-0.1, -0.05) is 13.8 Å². The maximum atomic E-state index is 13.5. The highest BCUT2D eigenvalue weighted by Crippen LogP contribution is 2.33. The number of fused-ring (bicyclic) bond motifs is 1. The summed E-state index contributed by atoms with van der Waals surface area (Å²) in [5.41, 5.74) is 3.92. The van der Waals surface area contributed by atoms with Crippen LogP contribution in [-0.2, 0) is 14.9 Å². The first-order valence-electron chi connectivity index (χ1n) is 12.6. The molecule has 0 bridgehead atoms. The third kappa shape index (κ3) is 4.92. The summed E-state index contributed by atoms with van der Waals surface area (Å²) in [6.45, 7) is 10.6. The highest BCUT2D eigenvalue weighted by molar-refractivity contribution is 7.86. The summed E-state index contributed by atoms with van der Waals surface area (Å²) in [6, 6.07) is 10.5. The fraction of sp³-hybridized carbons (Fsp3) is 0.500. The van der Waals surface area contributed by atoms with Crippen LogP contribution < -0.4 is 0 Å². The van der Waals surface area contributed by atoms with Crippen molar-refractivity contribution in [3.63, 3.8) is 0 Å². The number of halogens is 1. The van der Waals surface area contributed by atoms with Crippen molar-refractivity contribution in [2.45, 2.75) is 26.8 Å². The molecule has 0 spiro atoms. The molecule has 3 aromatic rings. The second kappa shape index (κ2) is 10.2. The predicted molar refractivity (Wildman–Crippen MR) is 138 cm³/mol. The SMILES string of the molecule is Cc1cc2c(cnn2-c2ccc(F)cc2)cc1C1CN(S(=O)(=O)N2CCOCC2)CCN1CC(C)C. The molecule has 2 aromatic carbocycles. The van der Waals surface area contributed by atoms with Crippen LogP contribution in [0.15, 0.2) is 42.6 Å². The van der Waals surface area contributed by atoms with Crippen LogP contribution in [0.2, 0.25) is 0 Å². The first-order valence-corrected chi connectivity index (χ1v) is 13.9. The molecule has 0 radical (unpaired) electrons. The van der Waals surface area contributed by atoms with Crippen LogP contribution in [0, 0.1) is 18.7 Å². The Kier molecular flexibility index (Phi) is 7.15. The van der Waals surface area contributed by atoms with Crippen LogP contribution in [0.3, 0.4) is 0 Å². The maximum Gasteiger partial charge on any atom is 0.282 e. The summed E-state index contributed by atoms with van der Waals surface area (Å²) < 4.78 is 50.7. The zero-order valence-corrected chi connectivity index (χ0v) is 21.9. The van der Waals surface area contributed by atoms with Gasteiger partial charge >= 0.3 is 0 Å². The molecule has 36 heavy (non-hydrogen) atoms. The average Bonchev–Trinajstić information content (AvgIpc) is 3.27. The molecule has 0 N–H and O–H groups in total. The van der Waals surface area contributed by atoms with Crippen molar-refractivity contribution in [3.05, 3.63) is 59.5 Å². The quantitative estimate of drug-likeness (QED) is 0.504. The van der Waals surface area contributed by atoms with E-state index < -0.39 is 10.2 Å². The Labute approximate surface area is 212 Å². The number of rotatable bonds is 6. The molecule has 10 heteroatoms. The molecular weight excluding hydrogens is 481 g/mol. The summed E-state index contributed by atoms with van der Waals surface area (Å²) in [4.78, 5) is 2.41. The number of hydrogen-bond acceptors (Lipinski definition) is 5. The van der Waals surface area contributed by atoms with Gasteiger partial charge in [0.15, 0.2) is 0 Å². The summed E-state index contributed by atoms with van der Waals surface area (Å²) in [7, 11) is -3.56. The molecule has 194 valence electrons. The Morgan fingerprint density at radius 2 is 1.78 bits per heavy atom. The van der Waals surface area contributed by atoms with E-state index >= 15 is 0 Å². The summed E-state index contributed by atoms with van der Waals surface area (Å²) >= 11 is 0. The van der Waals surface area contributed by atoms with Crippen molar-refractivity contribution in [3.8, 4) is 5.69 Å². The van der Waals surface area contributed by atoms with Gasteiger partial charge in [-0.25, -0.2) is 9.07 Å². The first-order chi connectivity index (χ1) is 17.2. The second-order valence-electron chi connectivity index (χ2n) is 10.1. The molecule has 0 aliphatic carbocycles. The molecule has 0 saturated carbocycles. The standard InChI is InChI=1S/C26H34FN5O3S/c1-19(2)17-29-8-9-31(36(33,34)30-10-12-35-13-11-30)18-26(29)24-15-21-16-28-32(25(21)14-20(24)3)23-6-4-22(27)5-7-23/h4-7,14-16,19,26H,8-13,17-18H2,1-3H3. The zero-order valence-electron chi connectivity index (χ0n) is 21.1. The lowest BCUT2D eigenvalue weighted by Gasteiger charge is -2.43. The lowest BCUT2D eigenvalue weighted by molar-refractivity contribution is 0.0637. The molecule has 2 fully saturated rings. The van der Waals surface area contributed by atoms with Crippen molar-refractivity contribution in [1.29, 1.82) is 0 Å². The molecule has 0 amide bonds.